The molecule has 1 aliphatic carbocycles. The first-order chi connectivity index (χ1) is 9.40. The highest BCUT2D eigenvalue weighted by molar-refractivity contribution is 5.71. The van der Waals surface area contributed by atoms with E-state index in [1.807, 2.05) is 30.3 Å². The zero-order chi connectivity index (χ0) is 12.7. The summed E-state index contributed by atoms with van der Waals surface area (Å²) >= 11 is 0. The molecule has 3 aromatic rings. The van der Waals surface area contributed by atoms with Gasteiger partial charge in [-0.3, -0.25) is 0 Å². The van der Waals surface area contributed by atoms with E-state index < -0.39 is 0 Å². The summed E-state index contributed by atoms with van der Waals surface area (Å²) in [4.78, 5) is 8.76. The second kappa shape index (κ2) is 4.01. The topological polar surface area (TPSA) is 68.5 Å². The van der Waals surface area contributed by atoms with Crippen LogP contribution in [0.5, 0.6) is 0 Å². The molecule has 0 spiro atoms. The summed E-state index contributed by atoms with van der Waals surface area (Å²) in [6.45, 7) is 0. The first kappa shape index (κ1) is 10.4. The molecule has 94 valence electrons. The van der Waals surface area contributed by atoms with Crippen LogP contribution in [0.25, 0.3) is 16.9 Å². The van der Waals surface area contributed by atoms with Gasteiger partial charge in [0.25, 0.3) is 0 Å². The number of para-hydroxylation sites is 1. The van der Waals surface area contributed by atoms with E-state index in [2.05, 4.69) is 25.6 Å². The van der Waals surface area contributed by atoms with Crippen molar-refractivity contribution in [3.05, 3.63) is 36.5 Å². The predicted molar refractivity (Wildman–Crippen MR) is 71.1 cm³/mol. The van der Waals surface area contributed by atoms with Crippen molar-refractivity contribution >= 4 is 17.1 Å². The Balaban J connectivity index is 1.82. The minimum atomic E-state index is 0.526. The quantitative estimate of drug-likeness (QED) is 0.769. The Labute approximate surface area is 109 Å². The number of anilines is 1. The maximum absolute atomic E-state index is 4.51. The van der Waals surface area contributed by atoms with Crippen LogP contribution in [0.3, 0.4) is 0 Å². The maximum Gasteiger partial charge on any atom is 0.225 e. The van der Waals surface area contributed by atoms with Crippen LogP contribution < -0.4 is 5.32 Å². The van der Waals surface area contributed by atoms with Crippen molar-refractivity contribution in [2.45, 2.75) is 18.9 Å². The van der Waals surface area contributed by atoms with Crippen molar-refractivity contribution in [3.63, 3.8) is 0 Å². The second-order valence-corrected chi connectivity index (χ2v) is 4.66. The zero-order valence-electron chi connectivity index (χ0n) is 10.2. The van der Waals surface area contributed by atoms with E-state index in [4.69, 9.17) is 0 Å². The smallest absolute Gasteiger partial charge is 0.225 e. The molecule has 0 aliphatic heterocycles. The molecule has 6 nitrogen and oxygen atoms in total. The van der Waals surface area contributed by atoms with Gasteiger partial charge in [-0.1, -0.05) is 23.4 Å². The zero-order valence-corrected chi connectivity index (χ0v) is 10.2. The fraction of sp³-hybridized carbons (Fsp3) is 0.231. The van der Waals surface area contributed by atoms with Gasteiger partial charge >= 0.3 is 0 Å². The molecule has 19 heavy (non-hydrogen) atoms. The summed E-state index contributed by atoms with van der Waals surface area (Å²) in [6.07, 6.45) is 4.09. The molecular formula is C13H12N6. The van der Waals surface area contributed by atoms with E-state index >= 15 is 0 Å². The van der Waals surface area contributed by atoms with E-state index in [-0.39, 0.29) is 0 Å². The highest BCUT2D eigenvalue weighted by Crippen LogP contribution is 2.23. The summed E-state index contributed by atoms with van der Waals surface area (Å²) in [6, 6.07) is 10.4. The fourth-order valence-electron chi connectivity index (χ4n) is 1.95. The number of hydrogen-bond donors (Lipinski definition) is 1. The molecule has 0 saturated heterocycles. The summed E-state index contributed by atoms with van der Waals surface area (Å²) in [5, 5.41) is 11.5. The monoisotopic (exact) mass is 252 g/mol. The molecule has 1 saturated carbocycles. The average Bonchev–Trinajstić information content (AvgIpc) is 3.17. The Morgan fingerprint density at radius 1 is 1.16 bits per heavy atom. The molecule has 1 aromatic carbocycles. The van der Waals surface area contributed by atoms with Crippen LogP contribution >= 0.6 is 0 Å². The number of nitrogens with zero attached hydrogens (tertiary/aromatic N) is 5. The van der Waals surface area contributed by atoms with Crippen LogP contribution in [0.1, 0.15) is 12.8 Å². The third kappa shape index (κ3) is 1.91. The Morgan fingerprint density at radius 3 is 2.79 bits per heavy atom. The lowest BCUT2D eigenvalue weighted by Crippen LogP contribution is -2.06. The van der Waals surface area contributed by atoms with Gasteiger partial charge in [-0.15, -0.1) is 5.10 Å². The molecule has 6 heteroatoms. The van der Waals surface area contributed by atoms with E-state index in [1.54, 1.807) is 10.9 Å². The Hall–Kier alpha value is -2.50. The molecule has 4 rings (SSSR count). The molecule has 0 unspecified atom stereocenters. The SMILES string of the molecule is c1ccc(-n2nnc3cnc(NC4CC4)nc32)cc1. The summed E-state index contributed by atoms with van der Waals surface area (Å²) < 4.78 is 1.73. The fourth-order valence-corrected chi connectivity index (χ4v) is 1.95. The average molecular weight is 252 g/mol. The number of fused-ring (bicyclic) bond motifs is 1. The lowest BCUT2D eigenvalue weighted by atomic mass is 10.3. The van der Waals surface area contributed by atoms with Gasteiger partial charge < -0.3 is 5.32 Å². The van der Waals surface area contributed by atoms with Gasteiger partial charge in [-0.25, -0.2) is 4.98 Å². The first-order valence-corrected chi connectivity index (χ1v) is 6.30. The lowest BCUT2D eigenvalue weighted by Gasteiger charge is -2.03. The van der Waals surface area contributed by atoms with Crippen molar-refractivity contribution in [1.82, 2.24) is 25.0 Å². The van der Waals surface area contributed by atoms with Crippen molar-refractivity contribution in [1.29, 1.82) is 0 Å². The van der Waals surface area contributed by atoms with Gasteiger partial charge in [0.2, 0.25) is 5.95 Å². The summed E-state index contributed by atoms with van der Waals surface area (Å²) in [5.41, 5.74) is 2.37. The number of benzene rings is 1. The number of aromatic nitrogens is 5. The standard InChI is InChI=1S/C13H12N6/c1-2-4-10(5-3-1)19-12-11(17-18-19)8-14-13(16-12)15-9-6-7-9/h1-5,8-9H,6-7H2,(H,14,15,16). The van der Waals surface area contributed by atoms with E-state index in [9.17, 15) is 0 Å². The van der Waals surface area contributed by atoms with Crippen molar-refractivity contribution in [2.24, 2.45) is 0 Å². The van der Waals surface area contributed by atoms with Crippen LogP contribution in [0.4, 0.5) is 5.95 Å². The van der Waals surface area contributed by atoms with Crippen molar-refractivity contribution < 1.29 is 0 Å². The van der Waals surface area contributed by atoms with E-state index in [0.717, 1.165) is 11.3 Å². The molecule has 0 atom stereocenters. The minimum Gasteiger partial charge on any atom is -0.351 e. The third-order valence-corrected chi connectivity index (χ3v) is 3.10. The van der Waals surface area contributed by atoms with Crippen LogP contribution in [-0.4, -0.2) is 31.0 Å². The highest BCUT2D eigenvalue weighted by Gasteiger charge is 2.22. The molecule has 1 N–H and O–H groups in total. The molecule has 0 amide bonds. The largest absolute Gasteiger partial charge is 0.351 e. The van der Waals surface area contributed by atoms with Gasteiger partial charge in [-0.2, -0.15) is 9.67 Å². The molecule has 1 fully saturated rings. The normalized spacial score (nSPS) is 14.7. The van der Waals surface area contributed by atoms with Crippen molar-refractivity contribution in [3.8, 4) is 5.69 Å². The third-order valence-electron chi connectivity index (χ3n) is 3.10. The summed E-state index contributed by atoms with van der Waals surface area (Å²) in [7, 11) is 0. The lowest BCUT2D eigenvalue weighted by molar-refractivity contribution is 0.817. The van der Waals surface area contributed by atoms with Gasteiger partial charge in [0.05, 0.1) is 11.9 Å². The number of rotatable bonds is 3. The molecule has 2 aromatic heterocycles. The Kier molecular flexibility index (Phi) is 2.20. The molecular weight excluding hydrogens is 240 g/mol. The van der Waals surface area contributed by atoms with Crippen LogP contribution in [-0.2, 0) is 0 Å². The van der Waals surface area contributed by atoms with Gasteiger partial charge in [0.15, 0.2) is 11.2 Å². The summed E-state index contributed by atoms with van der Waals surface area (Å²) in [5.74, 6) is 0.648. The Morgan fingerprint density at radius 2 is 2.00 bits per heavy atom. The molecule has 0 bridgehead atoms. The molecule has 1 aliphatic rings. The van der Waals surface area contributed by atoms with E-state index in [1.165, 1.54) is 12.8 Å². The maximum atomic E-state index is 4.51. The second-order valence-electron chi connectivity index (χ2n) is 4.66. The van der Waals surface area contributed by atoms with Gasteiger partial charge in [0, 0.05) is 6.04 Å². The highest BCUT2D eigenvalue weighted by atomic mass is 15.4. The van der Waals surface area contributed by atoms with Crippen LogP contribution in [0.15, 0.2) is 36.5 Å². The molecule has 2 heterocycles. The first-order valence-electron chi connectivity index (χ1n) is 6.30. The Bertz CT molecular complexity index is 716. The number of nitrogens with one attached hydrogen (secondary N) is 1. The predicted octanol–water partition coefficient (Wildman–Crippen LogP) is 1.78. The number of hydrogen-bond acceptors (Lipinski definition) is 5. The van der Waals surface area contributed by atoms with Crippen molar-refractivity contribution in [2.75, 3.05) is 5.32 Å². The van der Waals surface area contributed by atoms with Crippen LogP contribution in [0, 0.1) is 0 Å². The van der Waals surface area contributed by atoms with Gasteiger partial charge in [-0.05, 0) is 25.0 Å². The minimum absolute atomic E-state index is 0.526. The van der Waals surface area contributed by atoms with E-state index in [0.29, 0.717) is 17.5 Å². The molecule has 0 radical (unpaired) electrons. The van der Waals surface area contributed by atoms with Gasteiger partial charge in [0.1, 0.15) is 0 Å². The van der Waals surface area contributed by atoms with Crippen LogP contribution in [0.2, 0.25) is 0 Å².